The number of hydrogen-bond donors (Lipinski definition) is 0. The summed E-state index contributed by atoms with van der Waals surface area (Å²) in [4.78, 5) is 0. The monoisotopic (exact) mass is 924 g/mol. The van der Waals surface area contributed by atoms with Gasteiger partial charge in [0.15, 0.2) is 0 Å². The average Bonchev–Trinajstić information content (AvgIpc) is 3.82. The van der Waals surface area contributed by atoms with Gasteiger partial charge < -0.3 is 24.8 Å². The third-order valence-electron chi connectivity index (χ3n) is 12.8. The summed E-state index contributed by atoms with van der Waals surface area (Å²) in [6.45, 7) is 31.0. The summed E-state index contributed by atoms with van der Waals surface area (Å²) in [5, 5.41) is 1.54. The SMILES string of the molecule is CC(C)(C)C1=CC[C]([Zr+2](=[C](c2cccc(Cl)c2)c2cccc(Cl)c2)[CH]2c3cc4c(cc3-c3cc5c(cc32)C(C)(C)C=C5C(C)(C)C)C(C(C)(C)C)=CC4(C)C)=C1.[Cl-].[Cl-]. The van der Waals surface area contributed by atoms with Crippen LogP contribution in [0.25, 0.3) is 22.3 Å². The van der Waals surface area contributed by atoms with E-state index in [4.69, 9.17) is 23.2 Å². The number of halogens is 4. The van der Waals surface area contributed by atoms with E-state index in [0.717, 1.165) is 16.5 Å². The molecule has 0 saturated heterocycles. The maximum Gasteiger partial charge on any atom is -1.00 e. The summed E-state index contributed by atoms with van der Waals surface area (Å²) in [6.07, 6.45) is 11.3. The normalized spacial score (nSPS) is 17.3. The van der Waals surface area contributed by atoms with E-state index in [-0.39, 0.29) is 55.5 Å². The molecule has 4 aliphatic carbocycles. The second kappa shape index (κ2) is 15.3. The Morgan fingerprint density at radius 2 is 1.02 bits per heavy atom. The Hall–Kier alpha value is -2.25. The number of allylic oxidation sites excluding steroid dienone is 8. The minimum Gasteiger partial charge on any atom is -1.00 e. The summed E-state index contributed by atoms with van der Waals surface area (Å²) in [5.41, 5.74) is 18.5. The van der Waals surface area contributed by atoms with E-state index >= 15 is 0 Å². The van der Waals surface area contributed by atoms with Gasteiger partial charge in [0, 0.05) is 0 Å². The Balaban J connectivity index is 0.00000283. The van der Waals surface area contributed by atoms with Crippen molar-refractivity contribution in [2.45, 2.75) is 111 Å². The Morgan fingerprint density at radius 3 is 1.38 bits per heavy atom. The first-order valence-corrected chi connectivity index (χ1v) is 25.1. The molecule has 0 radical (unpaired) electrons. The van der Waals surface area contributed by atoms with Crippen LogP contribution in [0.1, 0.15) is 145 Å². The summed E-state index contributed by atoms with van der Waals surface area (Å²) in [7, 11) is 0. The summed E-state index contributed by atoms with van der Waals surface area (Å²) >= 11 is 10.7. The van der Waals surface area contributed by atoms with Crippen molar-refractivity contribution in [3.8, 4) is 11.1 Å². The average molecular weight is 928 g/mol. The molecule has 0 heterocycles. The second-order valence-electron chi connectivity index (χ2n) is 21.1. The molecule has 0 aromatic heterocycles. The first kappa shape index (κ1) is 45.3. The largest absolute Gasteiger partial charge is 1.00 e. The van der Waals surface area contributed by atoms with Gasteiger partial charge in [-0.25, -0.2) is 0 Å². The fraction of sp³-hybridized carbons (Fsp3) is 0.377. The van der Waals surface area contributed by atoms with Gasteiger partial charge in [-0.15, -0.1) is 0 Å². The third-order valence-corrected chi connectivity index (χ3v) is 21.5. The molecule has 0 bridgehead atoms. The molecule has 8 rings (SSSR count). The Labute approximate surface area is 379 Å². The van der Waals surface area contributed by atoms with E-state index in [2.05, 4.69) is 175 Å². The zero-order valence-electron chi connectivity index (χ0n) is 36.5. The van der Waals surface area contributed by atoms with Crippen molar-refractivity contribution >= 4 is 37.6 Å². The Morgan fingerprint density at radius 1 is 0.586 bits per heavy atom. The molecule has 302 valence electrons. The second-order valence-corrected chi connectivity index (χ2v) is 28.2. The molecule has 4 aromatic carbocycles. The standard InChI is InChI=1S/C31H37.C13H8Cl2.C9H13.2ClH.Zr/c1-28(2,3)26-16-30(7,8)24-12-18-11-19-13-25-23(15-21(19)20(18)14-22(24)26)27(29(4,5)6)17-31(25,9)10;14-12-5-1-3-10(8-12)7-11-4-2-6-13(15)9-11;1-9(2,3)8-6-4-5-7-8;;;/h11-17H,1-10H3;1-6,8-9H;6-7H,4H2,1-3H3;2*1H;/q;;;;;+2/p-2. The van der Waals surface area contributed by atoms with Crippen LogP contribution in [0.15, 0.2) is 106 Å². The van der Waals surface area contributed by atoms with Crippen LogP contribution in [-0.4, -0.2) is 3.21 Å². The van der Waals surface area contributed by atoms with Crippen molar-refractivity contribution in [3.63, 3.8) is 0 Å². The maximum atomic E-state index is 6.91. The quantitative estimate of drug-likeness (QED) is 0.192. The molecule has 0 aliphatic heterocycles. The first-order chi connectivity index (χ1) is 26.0. The Kier molecular flexibility index (Phi) is 11.9. The maximum absolute atomic E-state index is 6.91. The van der Waals surface area contributed by atoms with Gasteiger partial charge in [0.1, 0.15) is 0 Å². The van der Waals surface area contributed by atoms with Crippen molar-refractivity contribution in [3.05, 3.63) is 161 Å². The van der Waals surface area contributed by atoms with Crippen LogP contribution in [-0.2, 0) is 32.1 Å². The Bertz CT molecular complexity index is 2370. The number of rotatable bonds is 4. The van der Waals surface area contributed by atoms with E-state index in [9.17, 15) is 0 Å². The van der Waals surface area contributed by atoms with Gasteiger partial charge in [-0.2, -0.15) is 0 Å². The van der Waals surface area contributed by atoms with E-state index in [1.165, 1.54) is 75.6 Å². The van der Waals surface area contributed by atoms with Crippen LogP contribution >= 0.6 is 23.2 Å². The molecule has 0 amide bonds. The summed E-state index contributed by atoms with van der Waals surface area (Å²) in [5.74, 6) is 0. The van der Waals surface area contributed by atoms with E-state index in [0.29, 0.717) is 0 Å². The molecule has 0 spiro atoms. The van der Waals surface area contributed by atoms with Gasteiger partial charge in [0.2, 0.25) is 0 Å². The number of hydrogen-bond acceptors (Lipinski definition) is 0. The molecule has 0 nitrogen and oxygen atoms in total. The van der Waals surface area contributed by atoms with Gasteiger partial charge in [-0.05, 0) is 0 Å². The molecule has 4 aliphatic rings. The molecule has 4 aromatic rings. The predicted octanol–water partition coefficient (Wildman–Crippen LogP) is 9.66. The van der Waals surface area contributed by atoms with Crippen molar-refractivity contribution in [2.75, 3.05) is 0 Å². The van der Waals surface area contributed by atoms with E-state index < -0.39 is 21.3 Å². The molecular formula is C53H58Cl4Zr. The fourth-order valence-corrected chi connectivity index (χ4v) is 19.3. The van der Waals surface area contributed by atoms with Crippen molar-refractivity contribution in [1.29, 1.82) is 0 Å². The van der Waals surface area contributed by atoms with Gasteiger partial charge in [-0.1, -0.05) is 0 Å². The third kappa shape index (κ3) is 7.77. The predicted molar refractivity (Wildman–Crippen MR) is 241 cm³/mol. The van der Waals surface area contributed by atoms with Gasteiger partial charge in [0.05, 0.1) is 0 Å². The molecule has 0 atom stereocenters. The molecule has 0 saturated carbocycles. The summed E-state index contributed by atoms with van der Waals surface area (Å²) in [6, 6.07) is 27.9. The number of fused-ring (bicyclic) bond motifs is 5. The zero-order valence-corrected chi connectivity index (χ0v) is 42.0. The van der Waals surface area contributed by atoms with E-state index in [1.54, 1.807) is 3.28 Å². The van der Waals surface area contributed by atoms with Crippen molar-refractivity contribution in [1.82, 2.24) is 0 Å². The topological polar surface area (TPSA) is 0 Å². The number of benzene rings is 4. The van der Waals surface area contributed by atoms with Crippen molar-refractivity contribution < 1.29 is 46.1 Å². The van der Waals surface area contributed by atoms with Crippen LogP contribution in [0.2, 0.25) is 10.0 Å². The molecular weight excluding hydrogens is 870 g/mol. The zero-order chi connectivity index (χ0) is 40.5. The minimum atomic E-state index is -3.12. The van der Waals surface area contributed by atoms with Crippen LogP contribution in [0.5, 0.6) is 0 Å². The molecule has 58 heavy (non-hydrogen) atoms. The summed E-state index contributed by atoms with van der Waals surface area (Å²) < 4.78 is 3.36. The van der Waals surface area contributed by atoms with Crippen molar-refractivity contribution in [2.24, 2.45) is 16.2 Å². The fourth-order valence-electron chi connectivity index (χ4n) is 9.93. The van der Waals surface area contributed by atoms with Crippen LogP contribution in [0, 0.1) is 16.2 Å². The van der Waals surface area contributed by atoms with E-state index in [1.807, 2.05) is 12.1 Å². The minimum absolute atomic E-state index is 0. The first-order valence-electron chi connectivity index (χ1n) is 20.5. The van der Waals surface area contributed by atoms with Gasteiger partial charge >= 0.3 is 358 Å². The van der Waals surface area contributed by atoms with Crippen LogP contribution in [0.3, 0.4) is 0 Å². The molecule has 5 heteroatoms. The molecule has 0 fully saturated rings. The van der Waals surface area contributed by atoms with Crippen LogP contribution < -0.4 is 24.8 Å². The smallest absolute Gasteiger partial charge is 1.00 e. The van der Waals surface area contributed by atoms with Crippen LogP contribution in [0.4, 0.5) is 0 Å². The molecule has 0 unspecified atom stereocenters. The van der Waals surface area contributed by atoms with Gasteiger partial charge in [-0.3, -0.25) is 0 Å². The van der Waals surface area contributed by atoms with Gasteiger partial charge in [0.25, 0.3) is 0 Å². The molecule has 0 N–H and O–H groups in total.